The topological polar surface area (TPSA) is 21.3 Å². The number of ether oxygens (including phenoxy) is 1. The maximum Gasteiger partial charge on any atom is 0.0619 e. The van der Waals surface area contributed by atoms with Crippen LogP contribution in [-0.4, -0.2) is 26.3 Å². The van der Waals surface area contributed by atoms with Crippen molar-refractivity contribution in [2.24, 2.45) is 5.41 Å². The van der Waals surface area contributed by atoms with Gasteiger partial charge in [0.15, 0.2) is 0 Å². The summed E-state index contributed by atoms with van der Waals surface area (Å²) >= 11 is 3.48. The summed E-state index contributed by atoms with van der Waals surface area (Å²) in [4.78, 5) is 0. The molecule has 1 aromatic rings. The molecular weight excluding hydrogens is 278 g/mol. The van der Waals surface area contributed by atoms with Gasteiger partial charge in [-0.25, -0.2) is 0 Å². The SMILES string of the molecule is CNCC1(Cc2ccc(Br)cc2)CCOC1C. The van der Waals surface area contributed by atoms with Crippen molar-refractivity contribution in [3.05, 3.63) is 34.3 Å². The fourth-order valence-corrected chi connectivity index (χ4v) is 2.97. The number of hydrogen-bond acceptors (Lipinski definition) is 2. The average molecular weight is 298 g/mol. The van der Waals surface area contributed by atoms with E-state index in [1.807, 2.05) is 7.05 Å². The first-order valence-corrected chi connectivity index (χ1v) is 6.96. The van der Waals surface area contributed by atoms with Gasteiger partial charge in [0.1, 0.15) is 0 Å². The lowest BCUT2D eigenvalue weighted by Crippen LogP contribution is -2.40. The highest BCUT2D eigenvalue weighted by atomic mass is 79.9. The summed E-state index contributed by atoms with van der Waals surface area (Å²) in [5.41, 5.74) is 1.64. The lowest BCUT2D eigenvalue weighted by atomic mass is 9.76. The second kappa shape index (κ2) is 5.51. The summed E-state index contributed by atoms with van der Waals surface area (Å²) in [6.07, 6.45) is 2.56. The zero-order chi connectivity index (χ0) is 12.3. The van der Waals surface area contributed by atoms with E-state index in [4.69, 9.17) is 4.74 Å². The quantitative estimate of drug-likeness (QED) is 0.922. The van der Waals surface area contributed by atoms with Gasteiger partial charge >= 0.3 is 0 Å². The second-order valence-corrected chi connectivity index (χ2v) is 5.87. The summed E-state index contributed by atoms with van der Waals surface area (Å²) < 4.78 is 6.91. The van der Waals surface area contributed by atoms with Crippen LogP contribution in [0.3, 0.4) is 0 Å². The van der Waals surface area contributed by atoms with E-state index >= 15 is 0 Å². The van der Waals surface area contributed by atoms with Gasteiger partial charge in [0.25, 0.3) is 0 Å². The number of benzene rings is 1. The molecule has 0 bridgehead atoms. The zero-order valence-corrected chi connectivity index (χ0v) is 12.1. The summed E-state index contributed by atoms with van der Waals surface area (Å²) in [6, 6.07) is 8.63. The molecule has 17 heavy (non-hydrogen) atoms. The number of halogens is 1. The Morgan fingerprint density at radius 2 is 2.12 bits per heavy atom. The molecule has 1 aliphatic heterocycles. The molecule has 0 aromatic heterocycles. The van der Waals surface area contributed by atoms with E-state index in [9.17, 15) is 0 Å². The first-order valence-electron chi connectivity index (χ1n) is 6.17. The van der Waals surface area contributed by atoms with Gasteiger partial charge in [-0.15, -0.1) is 0 Å². The van der Waals surface area contributed by atoms with Crippen molar-refractivity contribution in [3.63, 3.8) is 0 Å². The van der Waals surface area contributed by atoms with Gasteiger partial charge in [-0.3, -0.25) is 0 Å². The molecule has 2 atom stereocenters. The van der Waals surface area contributed by atoms with E-state index in [2.05, 4.69) is 52.4 Å². The van der Waals surface area contributed by atoms with E-state index in [-0.39, 0.29) is 5.41 Å². The van der Waals surface area contributed by atoms with Crippen LogP contribution in [0.5, 0.6) is 0 Å². The van der Waals surface area contributed by atoms with Crippen molar-refractivity contribution in [1.82, 2.24) is 5.32 Å². The van der Waals surface area contributed by atoms with Crippen molar-refractivity contribution >= 4 is 15.9 Å². The highest BCUT2D eigenvalue weighted by Crippen LogP contribution is 2.37. The van der Waals surface area contributed by atoms with Crippen molar-refractivity contribution in [2.75, 3.05) is 20.2 Å². The summed E-state index contributed by atoms with van der Waals surface area (Å²) in [5.74, 6) is 0. The maximum absolute atomic E-state index is 5.77. The molecule has 0 spiro atoms. The van der Waals surface area contributed by atoms with Gasteiger partial charge in [0.2, 0.25) is 0 Å². The Kier molecular flexibility index (Phi) is 4.23. The van der Waals surface area contributed by atoms with Gasteiger partial charge in [-0.1, -0.05) is 28.1 Å². The third-order valence-electron chi connectivity index (χ3n) is 3.83. The van der Waals surface area contributed by atoms with Crippen LogP contribution in [-0.2, 0) is 11.2 Å². The number of nitrogens with one attached hydrogen (secondary N) is 1. The monoisotopic (exact) mass is 297 g/mol. The summed E-state index contributed by atoms with van der Waals surface area (Å²) in [5, 5.41) is 3.32. The van der Waals surface area contributed by atoms with Gasteiger partial charge in [0.05, 0.1) is 6.10 Å². The molecule has 1 heterocycles. The Bertz CT molecular complexity index is 365. The molecule has 2 nitrogen and oxygen atoms in total. The van der Waals surface area contributed by atoms with Gasteiger partial charge < -0.3 is 10.1 Å². The van der Waals surface area contributed by atoms with Crippen molar-refractivity contribution in [2.45, 2.75) is 25.9 Å². The minimum atomic E-state index is 0.253. The van der Waals surface area contributed by atoms with Crippen LogP contribution < -0.4 is 5.32 Å². The molecular formula is C14H20BrNO. The smallest absolute Gasteiger partial charge is 0.0619 e. The van der Waals surface area contributed by atoms with E-state index in [1.165, 1.54) is 5.56 Å². The van der Waals surface area contributed by atoms with Gasteiger partial charge in [-0.2, -0.15) is 0 Å². The minimum absolute atomic E-state index is 0.253. The molecule has 94 valence electrons. The Hall–Kier alpha value is -0.380. The maximum atomic E-state index is 5.77. The normalized spacial score (nSPS) is 28.5. The lowest BCUT2D eigenvalue weighted by molar-refractivity contribution is 0.0640. The molecule has 2 unspecified atom stereocenters. The molecule has 0 saturated carbocycles. The van der Waals surface area contributed by atoms with Crippen LogP contribution >= 0.6 is 15.9 Å². The Morgan fingerprint density at radius 1 is 1.41 bits per heavy atom. The zero-order valence-electron chi connectivity index (χ0n) is 10.5. The van der Waals surface area contributed by atoms with E-state index in [0.717, 1.165) is 30.5 Å². The van der Waals surface area contributed by atoms with E-state index in [0.29, 0.717) is 6.10 Å². The molecule has 0 amide bonds. The predicted octanol–water partition coefficient (Wildman–Crippen LogP) is 3.01. The number of rotatable bonds is 4. The van der Waals surface area contributed by atoms with Crippen molar-refractivity contribution < 1.29 is 4.74 Å². The van der Waals surface area contributed by atoms with E-state index in [1.54, 1.807) is 0 Å². The molecule has 0 aliphatic carbocycles. The fourth-order valence-electron chi connectivity index (χ4n) is 2.71. The van der Waals surface area contributed by atoms with Crippen LogP contribution in [0.15, 0.2) is 28.7 Å². The highest BCUT2D eigenvalue weighted by molar-refractivity contribution is 9.10. The molecule has 3 heteroatoms. The third-order valence-corrected chi connectivity index (χ3v) is 4.36. The molecule has 2 rings (SSSR count). The van der Waals surface area contributed by atoms with Gasteiger partial charge in [-0.05, 0) is 44.5 Å². The van der Waals surface area contributed by atoms with Crippen LogP contribution in [0.2, 0.25) is 0 Å². The van der Waals surface area contributed by atoms with Crippen LogP contribution in [0.25, 0.3) is 0 Å². The molecule has 0 radical (unpaired) electrons. The van der Waals surface area contributed by atoms with Crippen molar-refractivity contribution in [1.29, 1.82) is 0 Å². The molecule has 1 fully saturated rings. The standard InChI is InChI=1S/C14H20BrNO/c1-11-14(10-16-2,7-8-17-11)9-12-3-5-13(15)6-4-12/h3-6,11,16H,7-10H2,1-2H3. The number of hydrogen-bond donors (Lipinski definition) is 1. The highest BCUT2D eigenvalue weighted by Gasteiger charge is 2.40. The largest absolute Gasteiger partial charge is 0.378 e. The lowest BCUT2D eigenvalue weighted by Gasteiger charge is -2.32. The third kappa shape index (κ3) is 2.90. The molecule has 1 aromatic carbocycles. The van der Waals surface area contributed by atoms with Crippen LogP contribution in [0, 0.1) is 5.41 Å². The summed E-state index contributed by atoms with van der Waals surface area (Å²) in [7, 11) is 2.02. The fraction of sp³-hybridized carbons (Fsp3) is 0.571. The molecule has 1 N–H and O–H groups in total. The second-order valence-electron chi connectivity index (χ2n) is 4.96. The van der Waals surface area contributed by atoms with E-state index < -0.39 is 0 Å². The Morgan fingerprint density at radius 3 is 2.65 bits per heavy atom. The van der Waals surface area contributed by atoms with Crippen LogP contribution in [0.1, 0.15) is 18.9 Å². The predicted molar refractivity (Wildman–Crippen MR) is 74.2 cm³/mol. The average Bonchev–Trinajstić information content (AvgIpc) is 2.65. The first-order chi connectivity index (χ1) is 8.16. The van der Waals surface area contributed by atoms with Crippen LogP contribution in [0.4, 0.5) is 0 Å². The minimum Gasteiger partial charge on any atom is -0.378 e. The van der Waals surface area contributed by atoms with Gasteiger partial charge in [0, 0.05) is 23.0 Å². The Labute approximate surface area is 112 Å². The van der Waals surface area contributed by atoms with Crippen molar-refractivity contribution in [3.8, 4) is 0 Å². The summed E-state index contributed by atoms with van der Waals surface area (Å²) in [6.45, 7) is 4.10. The Balaban J connectivity index is 2.15. The first kappa shape index (κ1) is 13.1. The molecule has 1 aliphatic rings. The molecule has 1 saturated heterocycles.